The van der Waals surface area contributed by atoms with Gasteiger partial charge in [-0.1, -0.05) is 29.3 Å². The molecule has 5 heteroatoms. The van der Waals surface area contributed by atoms with Gasteiger partial charge in [0.05, 0.1) is 5.39 Å². The highest BCUT2D eigenvalue weighted by molar-refractivity contribution is 6.30. The Morgan fingerprint density at radius 3 is 2.50 bits per heavy atom. The SMILES string of the molecule is Cc1cccc(C(=O)Nc2ccc3oc(-c4ccc(Cl)cc4)cc(=O)c3c2)c1. The van der Waals surface area contributed by atoms with Gasteiger partial charge >= 0.3 is 0 Å². The first-order valence-corrected chi connectivity index (χ1v) is 9.09. The fourth-order valence-corrected chi connectivity index (χ4v) is 3.11. The predicted molar refractivity (Wildman–Crippen MR) is 112 cm³/mol. The smallest absolute Gasteiger partial charge is 0.255 e. The number of carbonyl (C=O) groups excluding carboxylic acids is 1. The van der Waals surface area contributed by atoms with Crippen LogP contribution < -0.4 is 10.7 Å². The maximum atomic E-state index is 12.6. The number of amides is 1. The molecule has 0 bridgehead atoms. The second kappa shape index (κ2) is 7.33. The van der Waals surface area contributed by atoms with Gasteiger partial charge in [-0.3, -0.25) is 9.59 Å². The fourth-order valence-electron chi connectivity index (χ4n) is 2.98. The molecule has 1 N–H and O–H groups in total. The van der Waals surface area contributed by atoms with Crippen molar-refractivity contribution < 1.29 is 9.21 Å². The van der Waals surface area contributed by atoms with Gasteiger partial charge in [-0.25, -0.2) is 0 Å². The van der Waals surface area contributed by atoms with Gasteiger partial charge in [0.2, 0.25) is 0 Å². The number of fused-ring (bicyclic) bond motifs is 1. The Morgan fingerprint density at radius 1 is 0.964 bits per heavy atom. The van der Waals surface area contributed by atoms with Crippen molar-refractivity contribution in [3.05, 3.63) is 99.2 Å². The standard InChI is InChI=1S/C23H16ClNO3/c1-14-3-2-4-16(11-14)23(27)25-18-9-10-21-19(12-18)20(26)13-22(28-21)15-5-7-17(24)8-6-15/h2-13H,1H3,(H,25,27). The Hall–Kier alpha value is -3.37. The normalized spacial score (nSPS) is 10.8. The third-order valence-electron chi connectivity index (χ3n) is 4.39. The molecule has 4 nitrogen and oxygen atoms in total. The first-order chi connectivity index (χ1) is 13.5. The van der Waals surface area contributed by atoms with Crippen molar-refractivity contribution in [1.82, 2.24) is 0 Å². The molecular weight excluding hydrogens is 374 g/mol. The van der Waals surface area contributed by atoms with E-state index >= 15 is 0 Å². The maximum absolute atomic E-state index is 12.6. The Morgan fingerprint density at radius 2 is 1.75 bits per heavy atom. The predicted octanol–water partition coefficient (Wildman–Crippen LogP) is 5.67. The molecule has 0 saturated carbocycles. The van der Waals surface area contributed by atoms with Crippen molar-refractivity contribution in [3.8, 4) is 11.3 Å². The van der Waals surface area contributed by atoms with Gasteiger partial charge in [-0.2, -0.15) is 0 Å². The van der Waals surface area contributed by atoms with Gasteiger partial charge in [0, 0.05) is 27.9 Å². The fraction of sp³-hybridized carbons (Fsp3) is 0.0435. The zero-order valence-electron chi connectivity index (χ0n) is 15.0. The van der Waals surface area contributed by atoms with E-state index in [1.807, 2.05) is 25.1 Å². The van der Waals surface area contributed by atoms with Crippen molar-refractivity contribution in [3.63, 3.8) is 0 Å². The average molecular weight is 390 g/mol. The lowest BCUT2D eigenvalue weighted by molar-refractivity contribution is 0.102. The maximum Gasteiger partial charge on any atom is 0.255 e. The van der Waals surface area contributed by atoms with E-state index in [0.29, 0.717) is 33.0 Å². The Labute approximate surface area is 166 Å². The van der Waals surface area contributed by atoms with Crippen molar-refractivity contribution in [1.29, 1.82) is 0 Å². The molecule has 0 saturated heterocycles. The second-order valence-corrected chi connectivity index (χ2v) is 6.95. The summed E-state index contributed by atoms with van der Waals surface area (Å²) in [6.45, 7) is 1.93. The molecule has 1 aromatic heterocycles. The van der Waals surface area contributed by atoms with Gasteiger partial charge in [0.15, 0.2) is 5.43 Å². The van der Waals surface area contributed by atoms with E-state index in [2.05, 4.69) is 5.32 Å². The Balaban J connectivity index is 1.67. The lowest BCUT2D eigenvalue weighted by Crippen LogP contribution is -2.12. The quantitative estimate of drug-likeness (QED) is 0.490. The van der Waals surface area contributed by atoms with E-state index in [0.717, 1.165) is 11.1 Å². The number of carbonyl (C=O) groups is 1. The molecule has 4 aromatic rings. The molecule has 28 heavy (non-hydrogen) atoms. The van der Waals surface area contributed by atoms with Gasteiger partial charge in [0.1, 0.15) is 11.3 Å². The summed E-state index contributed by atoms with van der Waals surface area (Å²) in [6.07, 6.45) is 0. The number of anilines is 1. The lowest BCUT2D eigenvalue weighted by atomic mass is 10.1. The zero-order valence-corrected chi connectivity index (χ0v) is 15.8. The van der Waals surface area contributed by atoms with Crippen molar-refractivity contribution in [2.45, 2.75) is 6.92 Å². The number of hydrogen-bond donors (Lipinski definition) is 1. The number of benzene rings is 3. The van der Waals surface area contributed by atoms with Crippen molar-refractivity contribution >= 4 is 34.2 Å². The molecule has 0 aliphatic carbocycles. The topological polar surface area (TPSA) is 59.3 Å². The Bertz CT molecular complexity index is 1240. The van der Waals surface area contributed by atoms with Crippen LogP contribution in [-0.4, -0.2) is 5.91 Å². The molecule has 0 spiro atoms. The molecule has 1 heterocycles. The summed E-state index contributed by atoms with van der Waals surface area (Å²) in [5.41, 5.74) is 3.13. The minimum absolute atomic E-state index is 0.183. The summed E-state index contributed by atoms with van der Waals surface area (Å²) in [6, 6.07) is 20.8. The summed E-state index contributed by atoms with van der Waals surface area (Å²) in [4.78, 5) is 25.0. The minimum atomic E-state index is -0.231. The summed E-state index contributed by atoms with van der Waals surface area (Å²) in [7, 11) is 0. The Kier molecular flexibility index (Phi) is 4.72. The third kappa shape index (κ3) is 3.68. The molecule has 3 aromatic carbocycles. The van der Waals surface area contributed by atoms with Crippen LogP contribution in [0.2, 0.25) is 5.02 Å². The van der Waals surface area contributed by atoms with E-state index < -0.39 is 0 Å². The highest BCUT2D eigenvalue weighted by Crippen LogP contribution is 2.25. The van der Waals surface area contributed by atoms with Crippen LogP contribution in [0.1, 0.15) is 15.9 Å². The molecule has 0 radical (unpaired) electrons. The number of halogens is 1. The van der Waals surface area contributed by atoms with Crippen LogP contribution in [0.25, 0.3) is 22.3 Å². The summed E-state index contributed by atoms with van der Waals surface area (Å²) in [5.74, 6) is 0.232. The molecule has 0 atom stereocenters. The largest absolute Gasteiger partial charge is 0.456 e. The van der Waals surface area contributed by atoms with Crippen LogP contribution in [0.3, 0.4) is 0 Å². The minimum Gasteiger partial charge on any atom is -0.456 e. The van der Waals surface area contributed by atoms with E-state index in [4.69, 9.17) is 16.0 Å². The van der Waals surface area contributed by atoms with Crippen LogP contribution in [0.4, 0.5) is 5.69 Å². The highest BCUT2D eigenvalue weighted by atomic mass is 35.5. The lowest BCUT2D eigenvalue weighted by Gasteiger charge is -2.08. The van der Waals surface area contributed by atoms with E-state index in [9.17, 15) is 9.59 Å². The average Bonchev–Trinajstić information content (AvgIpc) is 2.69. The van der Waals surface area contributed by atoms with Gasteiger partial charge in [-0.05, 0) is 61.5 Å². The van der Waals surface area contributed by atoms with Gasteiger partial charge in [0.25, 0.3) is 5.91 Å². The molecule has 1 amide bonds. The van der Waals surface area contributed by atoms with E-state index in [1.165, 1.54) is 6.07 Å². The number of rotatable bonds is 3. The monoisotopic (exact) mass is 389 g/mol. The number of hydrogen-bond acceptors (Lipinski definition) is 3. The van der Waals surface area contributed by atoms with Crippen LogP contribution in [0.15, 0.2) is 82.0 Å². The van der Waals surface area contributed by atoms with E-state index in [1.54, 1.807) is 48.5 Å². The molecule has 0 aliphatic rings. The molecule has 0 unspecified atom stereocenters. The first-order valence-electron chi connectivity index (χ1n) is 8.71. The number of nitrogens with one attached hydrogen (secondary N) is 1. The molecule has 4 rings (SSSR count). The highest BCUT2D eigenvalue weighted by Gasteiger charge is 2.10. The summed E-state index contributed by atoms with van der Waals surface area (Å²) < 4.78 is 5.87. The van der Waals surface area contributed by atoms with Crippen LogP contribution in [0, 0.1) is 6.92 Å². The molecule has 0 fully saturated rings. The van der Waals surface area contributed by atoms with Gasteiger partial charge in [-0.15, -0.1) is 0 Å². The van der Waals surface area contributed by atoms with Gasteiger partial charge < -0.3 is 9.73 Å². The summed E-state index contributed by atoms with van der Waals surface area (Å²) in [5, 5.41) is 3.84. The third-order valence-corrected chi connectivity index (χ3v) is 4.65. The van der Waals surface area contributed by atoms with Crippen LogP contribution in [-0.2, 0) is 0 Å². The van der Waals surface area contributed by atoms with Crippen molar-refractivity contribution in [2.75, 3.05) is 5.32 Å². The summed E-state index contributed by atoms with van der Waals surface area (Å²) >= 11 is 5.91. The molecular formula is C23H16ClNO3. The molecule has 138 valence electrons. The van der Waals surface area contributed by atoms with Crippen LogP contribution in [0.5, 0.6) is 0 Å². The van der Waals surface area contributed by atoms with Crippen LogP contribution >= 0.6 is 11.6 Å². The van der Waals surface area contributed by atoms with E-state index in [-0.39, 0.29) is 11.3 Å². The molecule has 0 aliphatic heterocycles. The zero-order chi connectivity index (χ0) is 19.7. The number of aryl methyl sites for hydroxylation is 1. The van der Waals surface area contributed by atoms with Crippen molar-refractivity contribution in [2.24, 2.45) is 0 Å². The second-order valence-electron chi connectivity index (χ2n) is 6.52. The first kappa shape index (κ1) is 18.0.